The van der Waals surface area contributed by atoms with Gasteiger partial charge in [-0.2, -0.15) is 0 Å². The second-order valence-electron chi connectivity index (χ2n) is 17.2. The van der Waals surface area contributed by atoms with Gasteiger partial charge in [-0.25, -0.2) is 0 Å². The third-order valence-corrected chi connectivity index (χ3v) is 13.5. The van der Waals surface area contributed by atoms with Crippen LogP contribution in [0.25, 0.3) is 110 Å². The van der Waals surface area contributed by atoms with Crippen molar-refractivity contribution in [3.8, 4) is 44.5 Å². The van der Waals surface area contributed by atoms with Crippen LogP contribution in [0.2, 0.25) is 0 Å². The van der Waals surface area contributed by atoms with Crippen molar-refractivity contribution in [1.82, 2.24) is 0 Å². The SMILES string of the molecule is c1ccc(-c2ccc(-c3ccc(N(c4ccccc4-c4cc5ccccc5c5ccccc45)c4ccc(-c5cc6ccccc6c6ccccc56)c5oc6ccccc6c45)cc3)cc2)cc1. The standard InChI is InChI=1S/C64H41NO/c1-2-16-42(17-3-1)43-30-32-44(33-31-43)45-34-36-48(37-35-45)65(60-28-14-12-26-55(60)58-40-46-18-4-6-20-49(46)51-22-8-10-24-53(51)58)61-39-38-56(64-63(61)57-27-13-15-29-62(57)66-64)59-41-47-19-5-7-21-50(47)52-23-9-11-25-54(52)59/h1-41H. The Hall–Kier alpha value is -8.72. The molecule has 0 atom stereocenters. The van der Waals surface area contributed by atoms with Gasteiger partial charge in [0.25, 0.3) is 0 Å². The van der Waals surface area contributed by atoms with Crippen molar-refractivity contribution in [1.29, 1.82) is 0 Å². The van der Waals surface area contributed by atoms with E-state index >= 15 is 0 Å². The maximum Gasteiger partial charge on any atom is 0.145 e. The van der Waals surface area contributed by atoms with E-state index in [4.69, 9.17) is 4.42 Å². The Labute approximate surface area is 382 Å². The quantitative estimate of drug-likeness (QED) is 0.149. The average Bonchev–Trinajstić information content (AvgIpc) is 3.79. The second-order valence-corrected chi connectivity index (χ2v) is 17.2. The Balaban J connectivity index is 1.06. The summed E-state index contributed by atoms with van der Waals surface area (Å²) < 4.78 is 7.07. The Bertz CT molecular complexity index is 3980. The summed E-state index contributed by atoms with van der Waals surface area (Å²) in [4.78, 5) is 2.45. The summed E-state index contributed by atoms with van der Waals surface area (Å²) in [6.45, 7) is 0. The first kappa shape index (κ1) is 37.8. The van der Waals surface area contributed by atoms with Crippen LogP contribution in [0.3, 0.4) is 0 Å². The zero-order chi connectivity index (χ0) is 43.6. The lowest BCUT2D eigenvalue weighted by Crippen LogP contribution is -2.12. The van der Waals surface area contributed by atoms with Crippen LogP contribution in [0.5, 0.6) is 0 Å². The summed E-state index contributed by atoms with van der Waals surface area (Å²) in [6, 6.07) is 90.2. The molecule has 12 aromatic carbocycles. The van der Waals surface area contributed by atoms with E-state index in [9.17, 15) is 0 Å². The Kier molecular flexibility index (Phi) is 8.89. The number of para-hydroxylation sites is 2. The molecule has 2 nitrogen and oxygen atoms in total. The number of anilines is 3. The fourth-order valence-electron chi connectivity index (χ4n) is 10.4. The fourth-order valence-corrected chi connectivity index (χ4v) is 10.4. The number of furan rings is 1. The Morgan fingerprint density at radius 1 is 0.273 bits per heavy atom. The van der Waals surface area contributed by atoms with Crippen molar-refractivity contribution in [3.05, 3.63) is 249 Å². The molecule has 0 spiro atoms. The van der Waals surface area contributed by atoms with Crippen LogP contribution >= 0.6 is 0 Å². The van der Waals surface area contributed by atoms with Crippen molar-refractivity contribution in [2.24, 2.45) is 0 Å². The van der Waals surface area contributed by atoms with Gasteiger partial charge < -0.3 is 9.32 Å². The maximum atomic E-state index is 7.07. The molecule has 0 bridgehead atoms. The van der Waals surface area contributed by atoms with E-state index < -0.39 is 0 Å². The summed E-state index contributed by atoms with van der Waals surface area (Å²) in [5, 5.41) is 11.9. The molecule has 66 heavy (non-hydrogen) atoms. The lowest BCUT2D eigenvalue weighted by Gasteiger charge is -2.29. The van der Waals surface area contributed by atoms with Gasteiger partial charge in [0.05, 0.1) is 16.8 Å². The lowest BCUT2D eigenvalue weighted by atomic mass is 9.91. The summed E-state index contributed by atoms with van der Waals surface area (Å²) in [5.41, 5.74) is 14.2. The van der Waals surface area contributed by atoms with Crippen molar-refractivity contribution in [3.63, 3.8) is 0 Å². The van der Waals surface area contributed by atoms with E-state index in [1.807, 2.05) is 0 Å². The molecule has 13 aromatic rings. The highest BCUT2D eigenvalue weighted by Crippen LogP contribution is 2.50. The molecular weight excluding hydrogens is 799 g/mol. The van der Waals surface area contributed by atoms with E-state index in [1.54, 1.807) is 0 Å². The van der Waals surface area contributed by atoms with Crippen LogP contribution in [-0.2, 0) is 0 Å². The molecular formula is C64H41NO. The van der Waals surface area contributed by atoms with E-state index in [0.717, 1.165) is 61.3 Å². The topological polar surface area (TPSA) is 16.4 Å². The van der Waals surface area contributed by atoms with Crippen LogP contribution in [0.1, 0.15) is 0 Å². The minimum absolute atomic E-state index is 0.856. The highest BCUT2D eigenvalue weighted by Gasteiger charge is 2.25. The van der Waals surface area contributed by atoms with Gasteiger partial charge in [0.2, 0.25) is 0 Å². The zero-order valence-corrected chi connectivity index (χ0v) is 36.0. The van der Waals surface area contributed by atoms with E-state index in [1.165, 1.54) is 65.3 Å². The molecule has 0 amide bonds. The number of hydrogen-bond acceptors (Lipinski definition) is 2. The van der Waals surface area contributed by atoms with Crippen molar-refractivity contribution in [2.45, 2.75) is 0 Å². The molecule has 0 aliphatic heterocycles. The van der Waals surface area contributed by atoms with Gasteiger partial charge in [-0.1, -0.05) is 200 Å². The summed E-state index contributed by atoms with van der Waals surface area (Å²) in [6.07, 6.45) is 0. The third kappa shape index (κ3) is 6.18. The molecule has 308 valence electrons. The van der Waals surface area contributed by atoms with Gasteiger partial charge >= 0.3 is 0 Å². The molecule has 0 saturated heterocycles. The first-order chi connectivity index (χ1) is 32.7. The molecule has 1 aromatic heterocycles. The minimum atomic E-state index is 0.856. The highest BCUT2D eigenvalue weighted by atomic mass is 16.3. The van der Waals surface area contributed by atoms with Gasteiger partial charge in [0.1, 0.15) is 11.2 Å². The van der Waals surface area contributed by atoms with Crippen LogP contribution < -0.4 is 4.90 Å². The maximum absolute atomic E-state index is 7.07. The number of nitrogens with zero attached hydrogens (tertiary/aromatic N) is 1. The lowest BCUT2D eigenvalue weighted by molar-refractivity contribution is 0.670. The van der Waals surface area contributed by atoms with Crippen molar-refractivity contribution >= 4 is 82.1 Å². The predicted octanol–water partition coefficient (Wildman–Crippen LogP) is 18.3. The molecule has 1 heterocycles. The molecule has 0 aliphatic carbocycles. The van der Waals surface area contributed by atoms with Crippen LogP contribution in [-0.4, -0.2) is 0 Å². The average molecular weight is 840 g/mol. The molecule has 0 radical (unpaired) electrons. The molecule has 0 fully saturated rings. The van der Waals surface area contributed by atoms with Crippen LogP contribution in [0, 0.1) is 0 Å². The second kappa shape index (κ2) is 15.5. The number of rotatable bonds is 7. The van der Waals surface area contributed by atoms with Crippen molar-refractivity contribution < 1.29 is 4.42 Å². The Morgan fingerprint density at radius 2 is 0.727 bits per heavy atom. The molecule has 0 aliphatic rings. The molecule has 2 heteroatoms. The smallest absolute Gasteiger partial charge is 0.145 e. The number of benzene rings is 12. The van der Waals surface area contributed by atoms with Gasteiger partial charge in [-0.05, 0) is 125 Å². The van der Waals surface area contributed by atoms with Gasteiger partial charge in [-0.3, -0.25) is 0 Å². The molecule has 0 N–H and O–H groups in total. The van der Waals surface area contributed by atoms with E-state index in [2.05, 4.69) is 254 Å². The molecule has 0 saturated carbocycles. The first-order valence-electron chi connectivity index (χ1n) is 22.7. The summed E-state index contributed by atoms with van der Waals surface area (Å²) in [7, 11) is 0. The van der Waals surface area contributed by atoms with Crippen LogP contribution in [0.4, 0.5) is 17.1 Å². The number of hydrogen-bond donors (Lipinski definition) is 0. The third-order valence-electron chi connectivity index (χ3n) is 13.5. The predicted molar refractivity (Wildman–Crippen MR) is 280 cm³/mol. The van der Waals surface area contributed by atoms with E-state index in [0.29, 0.717) is 0 Å². The van der Waals surface area contributed by atoms with E-state index in [-0.39, 0.29) is 0 Å². The summed E-state index contributed by atoms with van der Waals surface area (Å²) >= 11 is 0. The van der Waals surface area contributed by atoms with Gasteiger partial charge in [0, 0.05) is 22.2 Å². The molecule has 0 unspecified atom stereocenters. The van der Waals surface area contributed by atoms with Gasteiger partial charge in [0.15, 0.2) is 0 Å². The normalized spacial score (nSPS) is 11.6. The van der Waals surface area contributed by atoms with Gasteiger partial charge in [-0.15, -0.1) is 0 Å². The number of fused-ring (bicyclic) bond motifs is 9. The monoisotopic (exact) mass is 839 g/mol. The highest BCUT2D eigenvalue weighted by molar-refractivity contribution is 6.22. The van der Waals surface area contributed by atoms with Crippen LogP contribution in [0.15, 0.2) is 253 Å². The molecule has 13 rings (SSSR count). The largest absolute Gasteiger partial charge is 0.455 e. The zero-order valence-electron chi connectivity index (χ0n) is 36.0. The minimum Gasteiger partial charge on any atom is -0.455 e. The summed E-state index contributed by atoms with van der Waals surface area (Å²) in [5.74, 6) is 0. The Morgan fingerprint density at radius 3 is 1.35 bits per heavy atom. The fraction of sp³-hybridized carbons (Fsp3) is 0. The van der Waals surface area contributed by atoms with Crippen molar-refractivity contribution in [2.75, 3.05) is 4.90 Å². The first-order valence-corrected chi connectivity index (χ1v) is 22.7.